The van der Waals surface area contributed by atoms with Crippen molar-refractivity contribution in [3.05, 3.63) is 100 Å². The number of nitrogens with zero attached hydrogens (tertiary/aromatic N) is 2. The molecule has 0 radical (unpaired) electrons. The number of aromatic amines is 1. The Labute approximate surface area is 176 Å². The van der Waals surface area contributed by atoms with Gasteiger partial charge in [-0.15, -0.1) is 0 Å². The third kappa shape index (κ3) is 3.04. The third-order valence-corrected chi connectivity index (χ3v) is 5.51. The van der Waals surface area contributed by atoms with Gasteiger partial charge >= 0.3 is 0 Å². The first-order chi connectivity index (χ1) is 15.1. The zero-order valence-electron chi connectivity index (χ0n) is 16.7. The number of aromatic nitrogens is 3. The molecule has 0 aliphatic rings. The molecule has 2 aromatic carbocycles. The van der Waals surface area contributed by atoms with E-state index < -0.39 is 0 Å². The Morgan fingerprint density at radius 2 is 1.90 bits per heavy atom. The first-order valence-electron chi connectivity index (χ1n) is 9.88. The van der Waals surface area contributed by atoms with Crippen LogP contribution in [0, 0.1) is 5.82 Å². The summed E-state index contributed by atoms with van der Waals surface area (Å²) in [6, 6.07) is 17.5. The zero-order chi connectivity index (χ0) is 21.5. The van der Waals surface area contributed by atoms with Crippen LogP contribution in [0.2, 0.25) is 0 Å². The molecule has 0 aliphatic heterocycles. The average molecular weight is 411 g/mol. The lowest BCUT2D eigenvalue weighted by Crippen LogP contribution is -2.12. The number of carbonyl (C=O) groups excluding carboxylic acids is 1. The van der Waals surface area contributed by atoms with Gasteiger partial charge in [-0.25, -0.2) is 4.39 Å². The molecule has 3 aromatic heterocycles. The lowest BCUT2D eigenvalue weighted by molar-refractivity contribution is 0.101. The van der Waals surface area contributed by atoms with Crippen molar-refractivity contribution < 1.29 is 9.18 Å². The molecule has 0 spiro atoms. The highest BCUT2D eigenvalue weighted by Crippen LogP contribution is 2.38. The minimum Gasteiger partial charge on any atom is -0.333 e. The minimum absolute atomic E-state index is 0.154. The Kier molecular flexibility index (Phi) is 4.47. The quantitative estimate of drug-likeness (QED) is 0.426. The second-order valence-corrected chi connectivity index (χ2v) is 7.41. The van der Waals surface area contributed by atoms with Gasteiger partial charge in [0.05, 0.1) is 23.3 Å². The molecular weight excluding hydrogens is 393 g/mol. The lowest BCUT2D eigenvalue weighted by atomic mass is 10.00. The molecule has 0 bridgehead atoms. The second-order valence-electron chi connectivity index (χ2n) is 7.41. The smallest absolute Gasteiger partial charge is 0.255 e. The molecule has 0 fully saturated rings. The molecule has 31 heavy (non-hydrogen) atoms. The Balaban J connectivity index is 1.96. The van der Waals surface area contributed by atoms with E-state index in [1.165, 1.54) is 13.0 Å². The predicted octanol–water partition coefficient (Wildman–Crippen LogP) is 4.93. The number of H-pyrrole nitrogens is 1. The van der Waals surface area contributed by atoms with E-state index in [1.54, 1.807) is 47.3 Å². The molecule has 0 amide bonds. The molecule has 152 valence electrons. The van der Waals surface area contributed by atoms with Crippen molar-refractivity contribution >= 4 is 27.6 Å². The Morgan fingerprint density at radius 1 is 1.06 bits per heavy atom. The summed E-state index contributed by atoms with van der Waals surface area (Å²) in [6.07, 6.45) is 3.23. The topological polar surface area (TPSA) is 67.8 Å². The first-order valence-corrected chi connectivity index (χ1v) is 9.88. The van der Waals surface area contributed by atoms with E-state index in [9.17, 15) is 14.0 Å². The zero-order valence-corrected chi connectivity index (χ0v) is 16.7. The van der Waals surface area contributed by atoms with Crippen LogP contribution in [-0.4, -0.2) is 20.3 Å². The van der Waals surface area contributed by atoms with Crippen LogP contribution in [0.25, 0.3) is 32.9 Å². The average Bonchev–Trinajstić information content (AvgIpc) is 3.10. The van der Waals surface area contributed by atoms with Gasteiger partial charge in [-0.3, -0.25) is 14.6 Å². The molecule has 6 heteroatoms. The van der Waals surface area contributed by atoms with E-state index in [2.05, 4.69) is 9.97 Å². The van der Waals surface area contributed by atoms with Gasteiger partial charge in [0.15, 0.2) is 5.78 Å². The number of hydrogen-bond donors (Lipinski definition) is 1. The Bertz CT molecular complexity index is 1530. The van der Waals surface area contributed by atoms with Crippen LogP contribution >= 0.6 is 0 Å². The van der Waals surface area contributed by atoms with Crippen molar-refractivity contribution in [1.82, 2.24) is 14.5 Å². The highest BCUT2D eigenvalue weighted by Gasteiger charge is 2.25. The second kappa shape index (κ2) is 7.32. The van der Waals surface area contributed by atoms with Crippen molar-refractivity contribution in [2.24, 2.45) is 0 Å². The van der Waals surface area contributed by atoms with Gasteiger partial charge in [0.1, 0.15) is 5.82 Å². The number of benzene rings is 2. The number of halogens is 1. The fraction of sp³-hybridized carbons (Fsp3) is 0.0800. The van der Waals surface area contributed by atoms with Crippen LogP contribution in [0.1, 0.15) is 23.0 Å². The summed E-state index contributed by atoms with van der Waals surface area (Å²) < 4.78 is 16.3. The molecule has 5 rings (SSSR count). The van der Waals surface area contributed by atoms with Crippen molar-refractivity contribution in [1.29, 1.82) is 0 Å². The molecule has 0 saturated heterocycles. The number of pyridine rings is 2. The number of rotatable bonds is 4. The van der Waals surface area contributed by atoms with Crippen molar-refractivity contribution in [2.75, 3.05) is 0 Å². The van der Waals surface area contributed by atoms with Crippen molar-refractivity contribution in [2.45, 2.75) is 13.5 Å². The summed E-state index contributed by atoms with van der Waals surface area (Å²) in [5.74, 6) is -0.563. The summed E-state index contributed by atoms with van der Waals surface area (Å²) >= 11 is 0. The van der Waals surface area contributed by atoms with E-state index in [4.69, 9.17) is 0 Å². The van der Waals surface area contributed by atoms with Crippen LogP contribution < -0.4 is 5.56 Å². The molecular formula is C25H18FN3O2. The van der Waals surface area contributed by atoms with Gasteiger partial charge in [-0.05, 0) is 30.3 Å². The van der Waals surface area contributed by atoms with Gasteiger partial charge in [-0.2, -0.15) is 0 Å². The molecule has 1 N–H and O–H groups in total. The minimum atomic E-state index is -0.350. The number of hydrogen-bond acceptors (Lipinski definition) is 3. The van der Waals surface area contributed by atoms with Crippen molar-refractivity contribution in [3.63, 3.8) is 0 Å². The lowest BCUT2D eigenvalue weighted by Gasteiger charge is -2.11. The number of nitrogens with one attached hydrogen (secondary N) is 1. The fourth-order valence-corrected chi connectivity index (χ4v) is 4.19. The number of carbonyl (C=O) groups is 1. The van der Waals surface area contributed by atoms with Crippen LogP contribution in [0.3, 0.4) is 0 Å². The third-order valence-electron chi connectivity index (χ3n) is 5.51. The van der Waals surface area contributed by atoms with Crippen molar-refractivity contribution in [3.8, 4) is 11.1 Å². The van der Waals surface area contributed by atoms with E-state index in [-0.39, 0.29) is 23.7 Å². The SMILES string of the molecule is CC(=O)c1c(-c2ccc[nH]c2=O)c2c3ncccc3ccc2n1Cc1ccccc1F. The summed E-state index contributed by atoms with van der Waals surface area (Å²) in [7, 11) is 0. The van der Waals surface area contributed by atoms with Gasteiger partial charge in [0, 0.05) is 46.8 Å². The molecule has 5 nitrogen and oxygen atoms in total. The fourth-order valence-electron chi connectivity index (χ4n) is 4.19. The highest BCUT2D eigenvalue weighted by atomic mass is 19.1. The number of ketones is 1. The van der Waals surface area contributed by atoms with E-state index >= 15 is 0 Å². The van der Waals surface area contributed by atoms with Crippen LogP contribution in [0.15, 0.2) is 77.9 Å². The number of fused-ring (bicyclic) bond motifs is 3. The normalized spacial score (nSPS) is 11.3. The maximum absolute atomic E-state index is 14.5. The van der Waals surface area contributed by atoms with Gasteiger partial charge < -0.3 is 9.55 Å². The molecule has 0 aliphatic carbocycles. The van der Waals surface area contributed by atoms with Crippen LogP contribution in [-0.2, 0) is 6.54 Å². The monoisotopic (exact) mass is 411 g/mol. The van der Waals surface area contributed by atoms with E-state index in [0.29, 0.717) is 33.3 Å². The largest absolute Gasteiger partial charge is 0.333 e. The summed E-state index contributed by atoms with van der Waals surface area (Å²) in [6.45, 7) is 1.61. The van der Waals surface area contributed by atoms with Gasteiger partial charge in [0.25, 0.3) is 5.56 Å². The van der Waals surface area contributed by atoms with E-state index in [0.717, 1.165) is 10.9 Å². The van der Waals surface area contributed by atoms with E-state index in [1.807, 2.05) is 24.3 Å². The van der Waals surface area contributed by atoms with Crippen LogP contribution in [0.4, 0.5) is 4.39 Å². The highest BCUT2D eigenvalue weighted by molar-refractivity contribution is 6.18. The van der Waals surface area contributed by atoms with Gasteiger partial charge in [0.2, 0.25) is 0 Å². The summed E-state index contributed by atoms with van der Waals surface area (Å²) in [4.78, 5) is 32.9. The maximum Gasteiger partial charge on any atom is 0.255 e. The predicted molar refractivity (Wildman–Crippen MR) is 119 cm³/mol. The molecule has 0 unspecified atom stereocenters. The molecule has 0 saturated carbocycles. The summed E-state index contributed by atoms with van der Waals surface area (Å²) in [5.41, 5.74) is 2.81. The van der Waals surface area contributed by atoms with Gasteiger partial charge in [-0.1, -0.05) is 30.3 Å². The summed E-state index contributed by atoms with van der Waals surface area (Å²) in [5, 5.41) is 1.60. The van der Waals surface area contributed by atoms with Crippen LogP contribution in [0.5, 0.6) is 0 Å². The molecule has 0 atom stereocenters. The maximum atomic E-state index is 14.5. The molecule has 3 heterocycles. The Hall–Kier alpha value is -4.06. The number of Topliss-reactive ketones (excluding diaryl/α,β-unsaturated/α-hetero) is 1. The molecule has 5 aromatic rings. The standard InChI is InChI=1S/C25H18FN3O2/c1-15(30)24-21(18-8-5-13-28-25(18)31)22-20(11-10-16-7-4-12-27-23(16)22)29(24)14-17-6-2-3-9-19(17)26/h2-13H,14H2,1H3,(H,28,31). The Morgan fingerprint density at radius 3 is 2.68 bits per heavy atom. The first kappa shape index (κ1) is 18.9.